The molecule has 3 aliphatic heterocycles. The number of nitrogens with one attached hydrogen (secondary N) is 1. The highest BCUT2D eigenvalue weighted by Gasteiger charge is 2.28. The molecule has 8 heteroatoms. The number of anilines is 2. The molecule has 156 valence electrons. The van der Waals surface area contributed by atoms with E-state index in [0.717, 1.165) is 66.6 Å². The highest BCUT2D eigenvalue weighted by molar-refractivity contribution is 7.72. The average molecular weight is 425 g/mol. The molecule has 1 N–H and O–H groups in total. The van der Waals surface area contributed by atoms with Crippen molar-refractivity contribution in [2.75, 3.05) is 49.2 Å². The van der Waals surface area contributed by atoms with Crippen LogP contribution in [0.2, 0.25) is 0 Å². The third kappa shape index (κ3) is 3.57. The van der Waals surface area contributed by atoms with Crippen molar-refractivity contribution in [3.63, 3.8) is 0 Å². The number of fused-ring (bicyclic) bond motifs is 1. The van der Waals surface area contributed by atoms with Crippen LogP contribution in [0.3, 0.4) is 0 Å². The second-order valence-corrected chi connectivity index (χ2v) is 8.55. The van der Waals surface area contributed by atoms with Crippen molar-refractivity contribution < 1.29 is 13.2 Å². The van der Waals surface area contributed by atoms with Crippen LogP contribution in [0.15, 0.2) is 59.3 Å². The van der Waals surface area contributed by atoms with Crippen molar-refractivity contribution in [2.45, 2.75) is 11.3 Å². The van der Waals surface area contributed by atoms with Gasteiger partial charge in [0.2, 0.25) is 0 Å². The molecule has 0 saturated carbocycles. The summed E-state index contributed by atoms with van der Waals surface area (Å²) in [5.41, 5.74) is 5.12. The molecule has 1 aromatic heterocycles. The number of hydrogen-bond donors (Lipinski definition) is 2. The first kappa shape index (κ1) is 19.1. The Hall–Kier alpha value is -2.84. The molecule has 0 unspecified atom stereocenters. The largest absolute Gasteiger partial charge is 0.386 e. The number of allylic oxidation sites excluding steroid dienone is 1. The molecule has 0 spiro atoms. The van der Waals surface area contributed by atoms with Gasteiger partial charge in [0.15, 0.2) is 10.7 Å². The van der Waals surface area contributed by atoms with Crippen molar-refractivity contribution in [2.24, 2.45) is 0 Å². The molecule has 1 aromatic carbocycles. The van der Waals surface area contributed by atoms with Gasteiger partial charge in [-0.2, -0.15) is 0 Å². The Morgan fingerprint density at radius 1 is 1.10 bits per heavy atom. The molecule has 30 heavy (non-hydrogen) atoms. The Kier molecular flexibility index (Phi) is 5.18. The number of nitrogens with zero attached hydrogens (tertiary/aromatic N) is 3. The van der Waals surface area contributed by atoms with E-state index >= 15 is 0 Å². The van der Waals surface area contributed by atoms with Gasteiger partial charge in [0.25, 0.3) is 0 Å². The molecular formula is C22H24N4O3S. The first-order valence-electron chi connectivity index (χ1n) is 10.2. The lowest BCUT2D eigenvalue weighted by Crippen LogP contribution is -2.37. The van der Waals surface area contributed by atoms with Crippen LogP contribution in [-0.4, -0.2) is 52.8 Å². The summed E-state index contributed by atoms with van der Waals surface area (Å²) >= 11 is 0. The average Bonchev–Trinajstić information content (AvgIpc) is 3.24. The topological polar surface area (TPSA) is 74.8 Å². The molecule has 7 nitrogen and oxygen atoms in total. The second kappa shape index (κ2) is 8.12. The summed E-state index contributed by atoms with van der Waals surface area (Å²) in [6, 6.07) is 9.24. The Morgan fingerprint density at radius 2 is 1.97 bits per heavy atom. The minimum atomic E-state index is -2.64. The number of pyridine rings is 1. The van der Waals surface area contributed by atoms with E-state index in [9.17, 15) is 8.42 Å². The molecular weight excluding hydrogens is 400 g/mol. The monoisotopic (exact) mass is 424 g/mol. The van der Waals surface area contributed by atoms with E-state index in [1.54, 1.807) is 18.2 Å². The van der Waals surface area contributed by atoms with Crippen LogP contribution in [0.5, 0.6) is 0 Å². The number of rotatable bonds is 4. The lowest BCUT2D eigenvalue weighted by atomic mass is 10.0. The van der Waals surface area contributed by atoms with E-state index in [2.05, 4.69) is 33.3 Å². The van der Waals surface area contributed by atoms with Crippen LogP contribution < -0.4 is 15.1 Å². The molecule has 5 rings (SSSR count). The Morgan fingerprint density at radius 3 is 2.73 bits per heavy atom. The summed E-state index contributed by atoms with van der Waals surface area (Å²) in [6.07, 6.45) is 7.17. The van der Waals surface area contributed by atoms with Gasteiger partial charge in [0.05, 0.1) is 35.2 Å². The minimum absolute atomic E-state index is 0.312. The zero-order valence-electron chi connectivity index (χ0n) is 16.6. The quantitative estimate of drug-likeness (QED) is 0.727. The van der Waals surface area contributed by atoms with Gasteiger partial charge in [-0.05, 0) is 24.6 Å². The molecule has 0 radical (unpaired) electrons. The van der Waals surface area contributed by atoms with E-state index in [1.165, 1.54) is 0 Å². The first-order chi connectivity index (χ1) is 14.7. The summed E-state index contributed by atoms with van der Waals surface area (Å²) in [5.74, 6) is 0.907. The van der Waals surface area contributed by atoms with Gasteiger partial charge in [-0.1, -0.05) is 18.2 Å². The SMILES string of the molecule is O=[SH](=O)c1cccc(-c2nc(N3CCOCC3)cc3c2CCN3C2=CNCC=C2)c1. The molecule has 2 aromatic rings. The fourth-order valence-electron chi connectivity index (χ4n) is 4.23. The van der Waals surface area contributed by atoms with Crippen molar-refractivity contribution in [1.82, 2.24) is 10.3 Å². The van der Waals surface area contributed by atoms with Crippen LogP contribution in [0.25, 0.3) is 11.3 Å². The predicted molar refractivity (Wildman–Crippen MR) is 118 cm³/mol. The van der Waals surface area contributed by atoms with Gasteiger partial charge in [0, 0.05) is 49.6 Å². The van der Waals surface area contributed by atoms with Gasteiger partial charge in [-0.3, -0.25) is 0 Å². The highest BCUT2D eigenvalue weighted by Crippen LogP contribution is 2.40. The normalized spacial score (nSPS) is 18.4. The smallest absolute Gasteiger partial charge is 0.168 e. The number of morpholine rings is 1. The van der Waals surface area contributed by atoms with Crippen LogP contribution in [0.1, 0.15) is 5.56 Å². The van der Waals surface area contributed by atoms with E-state index in [4.69, 9.17) is 9.72 Å². The summed E-state index contributed by atoms with van der Waals surface area (Å²) in [4.78, 5) is 9.88. The van der Waals surface area contributed by atoms with E-state index in [1.807, 2.05) is 12.3 Å². The molecule has 3 aliphatic rings. The third-order valence-electron chi connectivity index (χ3n) is 5.71. The number of benzene rings is 1. The molecule has 1 fully saturated rings. The van der Waals surface area contributed by atoms with Crippen LogP contribution >= 0.6 is 0 Å². The Labute approximate surface area is 177 Å². The zero-order valence-corrected chi connectivity index (χ0v) is 17.5. The highest BCUT2D eigenvalue weighted by atomic mass is 32.2. The molecule has 0 atom stereocenters. The number of aromatic nitrogens is 1. The van der Waals surface area contributed by atoms with Crippen molar-refractivity contribution in [3.8, 4) is 11.3 Å². The zero-order chi connectivity index (χ0) is 20.5. The van der Waals surface area contributed by atoms with Gasteiger partial charge >= 0.3 is 0 Å². The van der Waals surface area contributed by atoms with E-state index in [0.29, 0.717) is 18.1 Å². The van der Waals surface area contributed by atoms with E-state index < -0.39 is 10.7 Å². The van der Waals surface area contributed by atoms with Gasteiger partial charge < -0.3 is 19.9 Å². The maximum Gasteiger partial charge on any atom is 0.168 e. The molecule has 0 aliphatic carbocycles. The Balaban J connectivity index is 1.65. The van der Waals surface area contributed by atoms with Crippen LogP contribution in [0.4, 0.5) is 11.5 Å². The van der Waals surface area contributed by atoms with Crippen molar-refractivity contribution in [1.29, 1.82) is 0 Å². The fraction of sp³-hybridized carbons (Fsp3) is 0.318. The van der Waals surface area contributed by atoms with Crippen molar-refractivity contribution >= 4 is 22.2 Å². The number of ether oxygens (including phenoxy) is 1. The second-order valence-electron chi connectivity index (χ2n) is 7.52. The summed E-state index contributed by atoms with van der Waals surface area (Å²) in [5, 5.41) is 3.29. The maximum absolute atomic E-state index is 11.6. The number of dihydropyridines is 1. The van der Waals surface area contributed by atoms with Gasteiger partial charge in [-0.15, -0.1) is 0 Å². The lowest BCUT2D eigenvalue weighted by Gasteiger charge is -2.30. The summed E-state index contributed by atoms with van der Waals surface area (Å²) in [6.45, 7) is 4.65. The molecule has 1 saturated heterocycles. The van der Waals surface area contributed by atoms with Crippen molar-refractivity contribution in [3.05, 3.63) is 59.9 Å². The van der Waals surface area contributed by atoms with E-state index in [-0.39, 0.29) is 0 Å². The molecule has 0 amide bonds. The van der Waals surface area contributed by atoms with Crippen LogP contribution in [-0.2, 0) is 21.9 Å². The standard InChI is InChI=1S/C22H24N4O3S/c27-30(28)18-5-1-3-16(13-18)22-19-6-8-26(17-4-2-7-23-15-17)20(19)14-21(24-22)25-9-11-29-12-10-25/h1-5,13-15,23,30H,6-12H2. The maximum atomic E-state index is 11.6. The molecule has 4 heterocycles. The summed E-state index contributed by atoms with van der Waals surface area (Å²) < 4.78 is 28.6. The Bertz CT molecular complexity index is 1100. The van der Waals surface area contributed by atoms with Crippen LogP contribution in [0, 0.1) is 0 Å². The predicted octanol–water partition coefficient (Wildman–Crippen LogP) is 1.92. The number of thiol groups is 1. The first-order valence-corrected chi connectivity index (χ1v) is 11.4. The number of hydrogen-bond acceptors (Lipinski definition) is 7. The fourth-order valence-corrected chi connectivity index (χ4v) is 4.68. The lowest BCUT2D eigenvalue weighted by molar-refractivity contribution is 0.122. The molecule has 0 bridgehead atoms. The summed E-state index contributed by atoms with van der Waals surface area (Å²) in [7, 11) is -2.64. The minimum Gasteiger partial charge on any atom is -0.386 e. The van der Waals surface area contributed by atoms with Gasteiger partial charge in [-0.25, -0.2) is 13.4 Å². The van der Waals surface area contributed by atoms with Gasteiger partial charge in [0.1, 0.15) is 5.82 Å². The third-order valence-corrected chi connectivity index (χ3v) is 6.41.